The average Bonchev–Trinajstić information content (AvgIpc) is 3.60. The molecule has 3 saturated heterocycles. The molecule has 7 rings (SSSR count). The third kappa shape index (κ3) is 3.98. The van der Waals surface area contributed by atoms with E-state index in [2.05, 4.69) is 56.6 Å². The number of benzene rings is 2. The van der Waals surface area contributed by atoms with Crippen LogP contribution in [0.15, 0.2) is 53.7 Å². The maximum absolute atomic E-state index is 9.56. The van der Waals surface area contributed by atoms with Crippen molar-refractivity contribution in [3.8, 4) is 6.07 Å². The van der Waals surface area contributed by atoms with E-state index in [0.717, 1.165) is 60.8 Å². The van der Waals surface area contributed by atoms with Gasteiger partial charge < -0.3 is 25.2 Å². The molecule has 1 unspecified atom stereocenters. The minimum absolute atomic E-state index is 0.0363. The molecule has 0 radical (unpaired) electrons. The summed E-state index contributed by atoms with van der Waals surface area (Å²) in [7, 11) is 0. The first-order valence-corrected chi connectivity index (χ1v) is 13.7. The second kappa shape index (κ2) is 9.26. The molecule has 2 aromatic carbocycles. The molecule has 4 aliphatic heterocycles. The number of rotatable bonds is 3. The Labute approximate surface area is 223 Å². The predicted molar refractivity (Wildman–Crippen MR) is 151 cm³/mol. The Hall–Kier alpha value is -3.67. The highest BCUT2D eigenvalue weighted by atomic mass is 16.5. The zero-order valence-electron chi connectivity index (χ0n) is 21.8. The fraction of sp³-hybridized carbons (Fsp3) is 0.433. The minimum Gasteiger partial charge on any atom is -0.371 e. The standard InChI is InChI=1S/C30H33N7O/c1-20-16-37(26-8-7-21(14-31)28-22(26)4-3-11-33-28)17-27(38-20)29-34-15-23-24(35-29)5-2-6-25(23)36-13-10-30(19-36)9-12-32-18-30/h2-8,11,20,27,32H,9-10,12-13,15-19H2,1H3,(H,34,35)/t20-,27-,30?/m1/s1. The molecule has 3 fully saturated rings. The molecule has 194 valence electrons. The number of pyridine rings is 1. The molecule has 38 heavy (non-hydrogen) atoms. The number of nitrogens with one attached hydrogen (secondary N) is 2. The van der Waals surface area contributed by atoms with Gasteiger partial charge in [-0.3, -0.25) is 9.98 Å². The Kier molecular flexibility index (Phi) is 5.71. The molecule has 3 atom stereocenters. The first-order valence-electron chi connectivity index (χ1n) is 13.7. The van der Waals surface area contributed by atoms with E-state index < -0.39 is 0 Å². The molecule has 1 aromatic heterocycles. The summed E-state index contributed by atoms with van der Waals surface area (Å²) in [6.07, 6.45) is 4.15. The van der Waals surface area contributed by atoms with Gasteiger partial charge in [0.15, 0.2) is 0 Å². The second-order valence-electron chi connectivity index (χ2n) is 11.2. The van der Waals surface area contributed by atoms with Crippen LogP contribution in [0.25, 0.3) is 10.9 Å². The van der Waals surface area contributed by atoms with Crippen LogP contribution in [0.3, 0.4) is 0 Å². The van der Waals surface area contributed by atoms with Crippen molar-refractivity contribution < 1.29 is 4.74 Å². The lowest BCUT2D eigenvalue weighted by molar-refractivity contribution is 0.0204. The first kappa shape index (κ1) is 23.4. The molecule has 4 aliphatic rings. The largest absolute Gasteiger partial charge is 0.371 e. The Morgan fingerprint density at radius 3 is 2.89 bits per heavy atom. The monoisotopic (exact) mass is 507 g/mol. The van der Waals surface area contributed by atoms with Gasteiger partial charge in [0.2, 0.25) is 0 Å². The molecule has 5 heterocycles. The Morgan fingerprint density at radius 1 is 1.08 bits per heavy atom. The molecular formula is C30H33N7O. The van der Waals surface area contributed by atoms with Crippen molar-refractivity contribution in [2.45, 2.75) is 38.5 Å². The highest BCUT2D eigenvalue weighted by Crippen LogP contribution is 2.41. The second-order valence-corrected chi connectivity index (χ2v) is 11.2. The van der Waals surface area contributed by atoms with Crippen LogP contribution >= 0.6 is 0 Å². The number of ether oxygens (including phenoxy) is 1. The zero-order valence-corrected chi connectivity index (χ0v) is 21.8. The molecule has 0 amide bonds. The minimum atomic E-state index is -0.169. The lowest BCUT2D eigenvalue weighted by atomic mass is 9.86. The Balaban J connectivity index is 1.13. The number of morpholine rings is 1. The summed E-state index contributed by atoms with van der Waals surface area (Å²) in [5.74, 6) is 0.889. The highest BCUT2D eigenvalue weighted by Gasteiger charge is 2.41. The quantitative estimate of drug-likeness (QED) is 0.556. The number of nitriles is 1. The van der Waals surface area contributed by atoms with Gasteiger partial charge in [-0.25, -0.2) is 0 Å². The van der Waals surface area contributed by atoms with Crippen LogP contribution in [-0.2, 0) is 11.3 Å². The lowest BCUT2D eigenvalue weighted by Crippen LogP contribution is -2.52. The fourth-order valence-corrected chi connectivity index (χ4v) is 6.79. The molecule has 8 heteroatoms. The molecule has 0 aliphatic carbocycles. The summed E-state index contributed by atoms with van der Waals surface area (Å²) in [6, 6.07) is 16.8. The Morgan fingerprint density at radius 2 is 2.03 bits per heavy atom. The molecular weight excluding hydrogens is 474 g/mol. The SMILES string of the molecule is C[C@@H]1CN(c2ccc(C#N)c3ncccc23)C[C@H](C2=NCc3c(cccc3N3CCC4(CCNC4)C3)N2)O1. The van der Waals surface area contributed by atoms with Gasteiger partial charge in [0.1, 0.15) is 18.0 Å². The van der Waals surface area contributed by atoms with Crippen LogP contribution in [0, 0.1) is 16.7 Å². The number of nitrogens with zero attached hydrogens (tertiary/aromatic N) is 5. The predicted octanol–water partition coefficient (Wildman–Crippen LogP) is 3.91. The van der Waals surface area contributed by atoms with E-state index in [1.165, 1.54) is 24.1 Å². The van der Waals surface area contributed by atoms with Crippen molar-refractivity contribution in [3.63, 3.8) is 0 Å². The van der Waals surface area contributed by atoms with Gasteiger partial charge in [0.25, 0.3) is 0 Å². The topological polar surface area (TPSA) is 88.8 Å². The maximum Gasteiger partial charge on any atom is 0.133 e. The summed E-state index contributed by atoms with van der Waals surface area (Å²) >= 11 is 0. The van der Waals surface area contributed by atoms with Gasteiger partial charge >= 0.3 is 0 Å². The van der Waals surface area contributed by atoms with Gasteiger partial charge in [0.05, 0.1) is 30.3 Å². The van der Waals surface area contributed by atoms with E-state index in [-0.39, 0.29) is 12.2 Å². The van der Waals surface area contributed by atoms with E-state index in [9.17, 15) is 5.26 Å². The molecule has 0 bridgehead atoms. The van der Waals surface area contributed by atoms with Crippen molar-refractivity contribution in [1.29, 1.82) is 5.26 Å². The number of anilines is 3. The highest BCUT2D eigenvalue weighted by molar-refractivity contribution is 6.02. The zero-order chi connectivity index (χ0) is 25.7. The smallest absolute Gasteiger partial charge is 0.133 e. The number of aliphatic imine (C=N–C) groups is 1. The summed E-state index contributed by atoms with van der Waals surface area (Å²) < 4.78 is 6.42. The number of aromatic nitrogens is 1. The van der Waals surface area contributed by atoms with Crippen molar-refractivity contribution in [1.82, 2.24) is 10.3 Å². The van der Waals surface area contributed by atoms with Crippen molar-refractivity contribution in [3.05, 3.63) is 59.8 Å². The van der Waals surface area contributed by atoms with Crippen molar-refractivity contribution in [2.75, 3.05) is 54.4 Å². The normalized spacial score (nSPS) is 26.8. The lowest BCUT2D eigenvalue weighted by Gasteiger charge is -2.40. The number of amidine groups is 1. The summed E-state index contributed by atoms with van der Waals surface area (Å²) in [6.45, 7) is 8.74. The van der Waals surface area contributed by atoms with E-state index in [0.29, 0.717) is 24.1 Å². The Bertz CT molecular complexity index is 1450. The van der Waals surface area contributed by atoms with Crippen LogP contribution in [0.1, 0.15) is 30.9 Å². The van der Waals surface area contributed by atoms with Gasteiger partial charge in [0, 0.05) is 65.8 Å². The molecule has 1 spiro atoms. The van der Waals surface area contributed by atoms with Crippen LogP contribution in [0.4, 0.5) is 17.1 Å². The van der Waals surface area contributed by atoms with Gasteiger partial charge in [-0.05, 0) is 62.7 Å². The van der Waals surface area contributed by atoms with Crippen LogP contribution in [0.2, 0.25) is 0 Å². The maximum atomic E-state index is 9.56. The third-order valence-corrected chi connectivity index (χ3v) is 8.71. The summed E-state index contributed by atoms with van der Waals surface area (Å²) in [4.78, 5) is 14.4. The average molecular weight is 508 g/mol. The first-order chi connectivity index (χ1) is 18.6. The van der Waals surface area contributed by atoms with E-state index in [1.54, 1.807) is 6.20 Å². The summed E-state index contributed by atoms with van der Waals surface area (Å²) in [5, 5.41) is 17.8. The van der Waals surface area contributed by atoms with Gasteiger partial charge in [-0.1, -0.05) is 6.07 Å². The number of hydrogen-bond acceptors (Lipinski definition) is 8. The van der Waals surface area contributed by atoms with Gasteiger partial charge in [-0.15, -0.1) is 0 Å². The molecule has 2 N–H and O–H groups in total. The van der Waals surface area contributed by atoms with Gasteiger partial charge in [-0.2, -0.15) is 5.26 Å². The van der Waals surface area contributed by atoms with Crippen LogP contribution < -0.4 is 20.4 Å². The molecule has 8 nitrogen and oxygen atoms in total. The van der Waals surface area contributed by atoms with Crippen molar-refractivity contribution >= 4 is 33.8 Å². The fourth-order valence-electron chi connectivity index (χ4n) is 6.79. The number of hydrogen-bond donors (Lipinski definition) is 2. The van der Waals surface area contributed by atoms with E-state index >= 15 is 0 Å². The summed E-state index contributed by atoms with van der Waals surface area (Å²) in [5.41, 5.74) is 6.59. The third-order valence-electron chi connectivity index (χ3n) is 8.71. The van der Waals surface area contributed by atoms with Crippen LogP contribution in [0.5, 0.6) is 0 Å². The van der Waals surface area contributed by atoms with E-state index in [1.807, 2.05) is 24.3 Å². The molecule has 3 aromatic rings. The number of fused-ring (bicyclic) bond motifs is 2. The van der Waals surface area contributed by atoms with Crippen LogP contribution in [-0.4, -0.2) is 62.3 Å². The van der Waals surface area contributed by atoms with E-state index in [4.69, 9.17) is 9.73 Å². The molecule has 0 saturated carbocycles. The van der Waals surface area contributed by atoms with Crippen molar-refractivity contribution in [2.24, 2.45) is 10.4 Å².